The highest BCUT2D eigenvalue weighted by Crippen LogP contribution is 2.31. The third-order valence-electron chi connectivity index (χ3n) is 3.68. The Morgan fingerprint density at radius 3 is 2.58 bits per heavy atom. The maximum Gasteiger partial charge on any atom is 0.135 e. The highest BCUT2D eigenvalue weighted by molar-refractivity contribution is 6.35. The maximum absolute atomic E-state index is 10.1. The molecule has 0 aliphatic rings. The van der Waals surface area contributed by atoms with E-state index in [1.165, 1.54) is 0 Å². The van der Waals surface area contributed by atoms with Crippen molar-refractivity contribution in [2.45, 2.75) is 12.6 Å². The number of rotatable bonds is 6. The molecule has 0 radical (unpaired) electrons. The number of hydrogen-bond acceptors (Lipinski definition) is 3. The summed E-state index contributed by atoms with van der Waals surface area (Å²) in [5.74, 6) is 1.43. The minimum Gasteiger partial charge on any atom is -0.460 e. The normalized spacial score (nSPS) is 12.3. The topological polar surface area (TPSA) is 45.4 Å². The van der Waals surface area contributed by atoms with E-state index in [1.807, 2.05) is 42.5 Å². The lowest BCUT2D eigenvalue weighted by molar-refractivity contribution is 0.173. The zero-order valence-corrected chi connectivity index (χ0v) is 14.4. The van der Waals surface area contributed by atoms with Crippen LogP contribution in [0.4, 0.5) is 0 Å². The fraction of sp³-hybridized carbons (Fsp3) is 0.158. The Bertz CT molecular complexity index is 802. The van der Waals surface area contributed by atoms with Gasteiger partial charge in [-0.1, -0.05) is 53.5 Å². The predicted octanol–water partition coefficient (Wildman–Crippen LogP) is 5.08. The van der Waals surface area contributed by atoms with Gasteiger partial charge in [0.25, 0.3) is 0 Å². The molecule has 1 heterocycles. The molecule has 2 N–H and O–H groups in total. The zero-order valence-electron chi connectivity index (χ0n) is 12.9. The van der Waals surface area contributed by atoms with Gasteiger partial charge in [0.05, 0.1) is 17.7 Å². The Morgan fingerprint density at radius 1 is 1.00 bits per heavy atom. The molecule has 3 rings (SSSR count). The summed E-state index contributed by atoms with van der Waals surface area (Å²) in [4.78, 5) is 0. The van der Waals surface area contributed by atoms with Crippen LogP contribution in [0.5, 0.6) is 0 Å². The molecule has 1 aromatic heterocycles. The van der Waals surface area contributed by atoms with Crippen LogP contribution >= 0.6 is 23.2 Å². The van der Waals surface area contributed by atoms with Crippen LogP contribution in [-0.2, 0) is 6.54 Å². The summed E-state index contributed by atoms with van der Waals surface area (Å²) in [5.41, 5.74) is 1.65. The number of benzene rings is 2. The van der Waals surface area contributed by atoms with Gasteiger partial charge >= 0.3 is 0 Å². The lowest BCUT2D eigenvalue weighted by atomic mass is 10.1. The SMILES string of the molecule is O[C@@H](CNCc1ccc(-c2cc(Cl)ccc2Cl)o1)c1ccccc1. The molecule has 0 fully saturated rings. The van der Waals surface area contributed by atoms with Crippen LogP contribution in [0.1, 0.15) is 17.4 Å². The minimum absolute atomic E-state index is 0.442. The monoisotopic (exact) mass is 361 g/mol. The molecule has 5 heteroatoms. The van der Waals surface area contributed by atoms with Crippen molar-refractivity contribution >= 4 is 23.2 Å². The Kier molecular flexibility index (Phi) is 5.59. The molecule has 3 aromatic rings. The maximum atomic E-state index is 10.1. The molecular weight excluding hydrogens is 345 g/mol. The first-order valence-electron chi connectivity index (χ1n) is 7.61. The average molecular weight is 362 g/mol. The zero-order chi connectivity index (χ0) is 16.9. The molecule has 24 heavy (non-hydrogen) atoms. The van der Waals surface area contributed by atoms with E-state index >= 15 is 0 Å². The van der Waals surface area contributed by atoms with Crippen molar-refractivity contribution in [2.24, 2.45) is 0 Å². The van der Waals surface area contributed by atoms with Gasteiger partial charge in [-0.15, -0.1) is 0 Å². The highest BCUT2D eigenvalue weighted by Gasteiger charge is 2.10. The third-order valence-corrected chi connectivity index (χ3v) is 4.24. The second-order valence-corrected chi connectivity index (χ2v) is 6.29. The lowest BCUT2D eigenvalue weighted by Crippen LogP contribution is -2.20. The smallest absolute Gasteiger partial charge is 0.135 e. The molecule has 0 amide bonds. The van der Waals surface area contributed by atoms with Crippen molar-refractivity contribution < 1.29 is 9.52 Å². The van der Waals surface area contributed by atoms with Gasteiger partial charge < -0.3 is 14.8 Å². The standard InChI is InChI=1S/C19H17Cl2NO2/c20-14-6-8-17(21)16(10-14)19-9-7-15(24-19)11-22-12-18(23)13-4-2-1-3-5-13/h1-10,18,22-23H,11-12H2/t18-/m0/s1. The van der Waals surface area contributed by atoms with Crippen LogP contribution in [0.25, 0.3) is 11.3 Å². The first kappa shape index (κ1) is 17.1. The fourth-order valence-corrected chi connectivity index (χ4v) is 2.81. The molecule has 0 spiro atoms. The molecule has 0 saturated carbocycles. The first-order chi connectivity index (χ1) is 11.6. The predicted molar refractivity (Wildman–Crippen MR) is 97.3 cm³/mol. The van der Waals surface area contributed by atoms with E-state index in [2.05, 4.69) is 5.32 Å². The van der Waals surface area contributed by atoms with E-state index in [-0.39, 0.29) is 0 Å². The van der Waals surface area contributed by atoms with Crippen LogP contribution in [0.2, 0.25) is 10.0 Å². The quantitative estimate of drug-likeness (QED) is 0.643. The molecule has 0 aliphatic heterocycles. The van der Waals surface area contributed by atoms with E-state index in [0.29, 0.717) is 28.9 Å². The van der Waals surface area contributed by atoms with Crippen LogP contribution < -0.4 is 5.32 Å². The van der Waals surface area contributed by atoms with Crippen molar-refractivity contribution in [3.8, 4) is 11.3 Å². The van der Waals surface area contributed by atoms with Crippen LogP contribution in [0.15, 0.2) is 65.1 Å². The van der Waals surface area contributed by atoms with Gasteiger partial charge in [0, 0.05) is 17.1 Å². The summed E-state index contributed by atoms with van der Waals surface area (Å²) in [6, 6.07) is 18.6. The summed E-state index contributed by atoms with van der Waals surface area (Å²) in [5, 5.41) is 14.5. The molecule has 124 valence electrons. The Labute approximate surface area is 150 Å². The third kappa shape index (κ3) is 4.19. The summed E-state index contributed by atoms with van der Waals surface area (Å²) >= 11 is 12.2. The van der Waals surface area contributed by atoms with E-state index in [1.54, 1.807) is 18.2 Å². The Balaban J connectivity index is 1.59. The van der Waals surface area contributed by atoms with Crippen molar-refractivity contribution in [1.29, 1.82) is 0 Å². The number of aliphatic hydroxyl groups is 1. The second kappa shape index (κ2) is 7.86. The molecule has 0 aliphatic carbocycles. The summed E-state index contributed by atoms with van der Waals surface area (Å²) in [6.45, 7) is 0.958. The highest BCUT2D eigenvalue weighted by atomic mass is 35.5. The van der Waals surface area contributed by atoms with E-state index in [4.69, 9.17) is 27.6 Å². The van der Waals surface area contributed by atoms with Crippen LogP contribution in [-0.4, -0.2) is 11.7 Å². The molecule has 3 nitrogen and oxygen atoms in total. The van der Waals surface area contributed by atoms with Gasteiger partial charge in [0.1, 0.15) is 11.5 Å². The van der Waals surface area contributed by atoms with Gasteiger partial charge in [-0.2, -0.15) is 0 Å². The average Bonchev–Trinajstić information content (AvgIpc) is 3.06. The fourth-order valence-electron chi connectivity index (χ4n) is 2.43. The first-order valence-corrected chi connectivity index (χ1v) is 8.37. The van der Waals surface area contributed by atoms with Gasteiger partial charge in [0.15, 0.2) is 0 Å². The van der Waals surface area contributed by atoms with Gasteiger partial charge in [-0.25, -0.2) is 0 Å². The number of nitrogens with one attached hydrogen (secondary N) is 1. The van der Waals surface area contributed by atoms with E-state index in [9.17, 15) is 5.11 Å². The van der Waals surface area contributed by atoms with Crippen molar-refractivity contribution in [1.82, 2.24) is 5.32 Å². The van der Waals surface area contributed by atoms with Crippen LogP contribution in [0.3, 0.4) is 0 Å². The molecule has 0 saturated heterocycles. The molecule has 1 atom stereocenters. The summed E-state index contributed by atoms with van der Waals surface area (Å²) < 4.78 is 5.81. The number of furan rings is 1. The largest absolute Gasteiger partial charge is 0.460 e. The van der Waals surface area contributed by atoms with E-state index < -0.39 is 6.10 Å². The molecule has 0 unspecified atom stereocenters. The molecule has 0 bridgehead atoms. The van der Waals surface area contributed by atoms with Gasteiger partial charge in [-0.3, -0.25) is 0 Å². The minimum atomic E-state index is -0.553. The van der Waals surface area contributed by atoms with Crippen molar-refractivity contribution in [3.05, 3.63) is 82.0 Å². The molecular formula is C19H17Cl2NO2. The van der Waals surface area contributed by atoms with Crippen molar-refractivity contribution in [3.63, 3.8) is 0 Å². The number of aliphatic hydroxyl groups excluding tert-OH is 1. The summed E-state index contributed by atoms with van der Waals surface area (Å²) in [7, 11) is 0. The Morgan fingerprint density at radius 2 is 1.79 bits per heavy atom. The van der Waals surface area contributed by atoms with Gasteiger partial charge in [0.2, 0.25) is 0 Å². The number of hydrogen-bond donors (Lipinski definition) is 2. The van der Waals surface area contributed by atoms with E-state index in [0.717, 1.165) is 16.9 Å². The van der Waals surface area contributed by atoms with Gasteiger partial charge in [-0.05, 0) is 35.9 Å². The van der Waals surface area contributed by atoms with Crippen molar-refractivity contribution in [2.75, 3.05) is 6.54 Å². The Hall–Kier alpha value is -1.78. The summed E-state index contributed by atoms with van der Waals surface area (Å²) in [6.07, 6.45) is -0.553. The second-order valence-electron chi connectivity index (χ2n) is 5.45. The number of halogens is 2. The van der Waals surface area contributed by atoms with Crippen LogP contribution in [0, 0.1) is 0 Å². The molecule has 2 aromatic carbocycles. The lowest BCUT2D eigenvalue weighted by Gasteiger charge is -2.11.